The maximum absolute atomic E-state index is 12.6. The van der Waals surface area contributed by atoms with Crippen LogP contribution in [-0.4, -0.2) is 29.4 Å². The summed E-state index contributed by atoms with van der Waals surface area (Å²) in [7, 11) is 0. The van der Waals surface area contributed by atoms with E-state index in [0.717, 1.165) is 5.56 Å². The predicted octanol–water partition coefficient (Wildman–Crippen LogP) is 2.13. The maximum Gasteiger partial charge on any atom is 0.331 e. The molecule has 2 atom stereocenters. The fourth-order valence-corrected chi connectivity index (χ4v) is 2.86. The highest BCUT2D eigenvalue weighted by molar-refractivity contribution is 6.03. The molecule has 1 aromatic carbocycles. The summed E-state index contributed by atoms with van der Waals surface area (Å²) in [5.41, 5.74) is 0.0428. The molecule has 0 unspecified atom stereocenters. The molecule has 0 amide bonds. The van der Waals surface area contributed by atoms with Crippen molar-refractivity contribution < 1.29 is 28.6 Å². The van der Waals surface area contributed by atoms with Crippen LogP contribution in [0.2, 0.25) is 0 Å². The van der Waals surface area contributed by atoms with Crippen LogP contribution in [0.5, 0.6) is 11.5 Å². The lowest BCUT2D eigenvalue weighted by atomic mass is 9.86. The highest BCUT2D eigenvalue weighted by Gasteiger charge is 2.46. The first-order chi connectivity index (χ1) is 10.8. The summed E-state index contributed by atoms with van der Waals surface area (Å²) in [6, 6.07) is 3.33. The van der Waals surface area contributed by atoms with Gasteiger partial charge in [-0.3, -0.25) is 9.59 Å². The number of carbonyl (C=O) groups excluding carboxylic acids is 3. The number of carbonyl (C=O) groups is 3. The number of esters is 2. The van der Waals surface area contributed by atoms with Crippen molar-refractivity contribution in [2.45, 2.75) is 38.9 Å². The van der Waals surface area contributed by atoms with E-state index in [2.05, 4.69) is 0 Å². The standard InChI is InChI=1S/C17H16O6/c1-9-6-12(21-10(2)18)16-11(19)8-17(3,23-13(16)7-9)14-4-5-15(20)22-14/h4-7,14H,8H2,1-3H3/t14-,17+/m0/s1. The zero-order chi connectivity index (χ0) is 16.8. The molecule has 0 aliphatic carbocycles. The minimum Gasteiger partial charge on any atom is -0.482 e. The molecule has 2 heterocycles. The second-order valence-electron chi connectivity index (χ2n) is 5.96. The Morgan fingerprint density at radius 3 is 2.70 bits per heavy atom. The molecular formula is C17H16O6. The molecule has 1 aromatic rings. The van der Waals surface area contributed by atoms with Crippen molar-refractivity contribution in [1.29, 1.82) is 0 Å². The monoisotopic (exact) mass is 316 g/mol. The minimum absolute atomic E-state index is 0.0135. The van der Waals surface area contributed by atoms with Crippen LogP contribution in [0.25, 0.3) is 0 Å². The Labute approximate surface area is 133 Å². The Morgan fingerprint density at radius 2 is 2.09 bits per heavy atom. The lowest BCUT2D eigenvalue weighted by molar-refractivity contribution is -0.147. The number of rotatable bonds is 2. The van der Waals surface area contributed by atoms with Gasteiger partial charge >= 0.3 is 11.9 Å². The molecule has 0 spiro atoms. The van der Waals surface area contributed by atoms with E-state index < -0.39 is 23.6 Å². The molecule has 0 saturated carbocycles. The number of ether oxygens (including phenoxy) is 3. The van der Waals surface area contributed by atoms with E-state index in [1.165, 1.54) is 13.0 Å². The van der Waals surface area contributed by atoms with Crippen LogP contribution in [0.15, 0.2) is 24.3 Å². The highest BCUT2D eigenvalue weighted by Crippen LogP contribution is 2.42. The SMILES string of the molecule is CC(=O)Oc1cc(C)cc2c1C(=O)C[C@](C)([C@@H]1C=CC(=O)O1)O2. The van der Waals surface area contributed by atoms with Crippen molar-refractivity contribution in [3.63, 3.8) is 0 Å². The van der Waals surface area contributed by atoms with Gasteiger partial charge in [-0.05, 0) is 37.6 Å². The molecule has 0 N–H and O–H groups in total. The summed E-state index contributed by atoms with van der Waals surface area (Å²) >= 11 is 0. The number of hydrogen-bond donors (Lipinski definition) is 0. The first kappa shape index (κ1) is 15.3. The van der Waals surface area contributed by atoms with E-state index in [1.54, 1.807) is 25.1 Å². The van der Waals surface area contributed by atoms with Crippen LogP contribution >= 0.6 is 0 Å². The fraction of sp³-hybridized carbons (Fsp3) is 0.353. The van der Waals surface area contributed by atoms with Gasteiger partial charge in [0.15, 0.2) is 17.5 Å². The summed E-state index contributed by atoms with van der Waals surface area (Å²) in [6.07, 6.45) is 2.28. The van der Waals surface area contributed by atoms with E-state index >= 15 is 0 Å². The lowest BCUT2D eigenvalue weighted by Crippen LogP contribution is -2.49. The molecule has 23 heavy (non-hydrogen) atoms. The van der Waals surface area contributed by atoms with Gasteiger partial charge in [0.05, 0.1) is 6.42 Å². The van der Waals surface area contributed by atoms with Gasteiger partial charge in [0.25, 0.3) is 0 Å². The number of ketones is 1. The number of Topliss-reactive ketones (excluding diaryl/α,β-unsaturated/α-hetero) is 1. The van der Waals surface area contributed by atoms with Crippen LogP contribution < -0.4 is 9.47 Å². The molecule has 2 aliphatic rings. The molecule has 6 heteroatoms. The molecule has 0 bridgehead atoms. The molecule has 6 nitrogen and oxygen atoms in total. The van der Waals surface area contributed by atoms with Crippen molar-refractivity contribution in [2.24, 2.45) is 0 Å². The predicted molar refractivity (Wildman–Crippen MR) is 79.5 cm³/mol. The average Bonchev–Trinajstić information content (AvgIpc) is 2.84. The van der Waals surface area contributed by atoms with Crippen molar-refractivity contribution >= 4 is 17.7 Å². The van der Waals surface area contributed by atoms with Crippen molar-refractivity contribution in [2.75, 3.05) is 0 Å². The lowest BCUT2D eigenvalue weighted by Gasteiger charge is -2.38. The third kappa shape index (κ3) is 2.72. The first-order valence-electron chi connectivity index (χ1n) is 7.22. The van der Waals surface area contributed by atoms with Gasteiger partial charge in [0.2, 0.25) is 0 Å². The topological polar surface area (TPSA) is 78.9 Å². The summed E-state index contributed by atoms with van der Waals surface area (Å²) in [5, 5.41) is 0. The maximum atomic E-state index is 12.6. The molecule has 3 rings (SSSR count). The number of cyclic esters (lactones) is 1. The van der Waals surface area contributed by atoms with Crippen molar-refractivity contribution in [3.05, 3.63) is 35.4 Å². The highest BCUT2D eigenvalue weighted by atomic mass is 16.6. The van der Waals surface area contributed by atoms with E-state index in [9.17, 15) is 14.4 Å². The number of benzene rings is 1. The molecule has 0 radical (unpaired) electrons. The molecule has 0 fully saturated rings. The smallest absolute Gasteiger partial charge is 0.331 e. The van der Waals surface area contributed by atoms with E-state index in [0.29, 0.717) is 5.75 Å². The van der Waals surface area contributed by atoms with Crippen LogP contribution in [0.4, 0.5) is 0 Å². The van der Waals surface area contributed by atoms with Gasteiger partial charge < -0.3 is 14.2 Å². The summed E-state index contributed by atoms with van der Waals surface area (Å²) < 4.78 is 16.3. The van der Waals surface area contributed by atoms with E-state index in [-0.39, 0.29) is 23.5 Å². The summed E-state index contributed by atoms with van der Waals surface area (Å²) in [5.74, 6) is -0.661. The van der Waals surface area contributed by atoms with Gasteiger partial charge in [0.1, 0.15) is 17.1 Å². The third-order valence-corrected chi connectivity index (χ3v) is 3.85. The quantitative estimate of drug-likeness (QED) is 0.614. The normalized spacial score (nSPS) is 25.6. The van der Waals surface area contributed by atoms with E-state index in [4.69, 9.17) is 14.2 Å². The van der Waals surface area contributed by atoms with Crippen LogP contribution in [0, 0.1) is 6.92 Å². The molecular weight excluding hydrogens is 300 g/mol. The van der Waals surface area contributed by atoms with Crippen molar-refractivity contribution in [3.8, 4) is 11.5 Å². The Morgan fingerprint density at radius 1 is 1.35 bits per heavy atom. The zero-order valence-electron chi connectivity index (χ0n) is 13.0. The van der Waals surface area contributed by atoms with E-state index in [1.807, 2.05) is 6.92 Å². The number of fused-ring (bicyclic) bond motifs is 1. The zero-order valence-corrected chi connectivity index (χ0v) is 13.0. The fourth-order valence-electron chi connectivity index (χ4n) is 2.86. The third-order valence-electron chi connectivity index (χ3n) is 3.85. The minimum atomic E-state index is -0.992. The Balaban J connectivity index is 2.02. The Kier molecular flexibility index (Phi) is 3.47. The Hall–Kier alpha value is -2.63. The Bertz CT molecular complexity index is 748. The van der Waals surface area contributed by atoms with Crippen LogP contribution in [0.3, 0.4) is 0 Å². The van der Waals surface area contributed by atoms with Gasteiger partial charge in [-0.15, -0.1) is 0 Å². The molecule has 0 aromatic heterocycles. The van der Waals surface area contributed by atoms with Crippen LogP contribution in [0.1, 0.15) is 36.2 Å². The molecule has 120 valence electrons. The summed E-state index contributed by atoms with van der Waals surface area (Å²) in [4.78, 5) is 35.2. The van der Waals surface area contributed by atoms with Crippen molar-refractivity contribution in [1.82, 2.24) is 0 Å². The van der Waals surface area contributed by atoms with Gasteiger partial charge in [-0.1, -0.05) is 0 Å². The molecule has 0 saturated heterocycles. The summed E-state index contributed by atoms with van der Waals surface area (Å²) in [6.45, 7) is 4.80. The number of aryl methyl sites for hydroxylation is 1. The first-order valence-corrected chi connectivity index (χ1v) is 7.22. The van der Waals surface area contributed by atoms with Crippen LogP contribution in [-0.2, 0) is 14.3 Å². The average molecular weight is 316 g/mol. The molecule has 2 aliphatic heterocycles. The largest absolute Gasteiger partial charge is 0.482 e. The second kappa shape index (κ2) is 5.22. The number of hydrogen-bond acceptors (Lipinski definition) is 6. The second-order valence-corrected chi connectivity index (χ2v) is 5.96. The van der Waals surface area contributed by atoms with Gasteiger partial charge in [-0.2, -0.15) is 0 Å². The van der Waals surface area contributed by atoms with Gasteiger partial charge in [0, 0.05) is 13.0 Å². The van der Waals surface area contributed by atoms with Gasteiger partial charge in [-0.25, -0.2) is 4.79 Å².